The van der Waals surface area contributed by atoms with Gasteiger partial charge in [-0.15, -0.1) is 24.0 Å². The van der Waals surface area contributed by atoms with Crippen LogP contribution in [-0.2, 0) is 13.0 Å². The number of guanidine groups is 1. The first-order valence-electron chi connectivity index (χ1n) is 9.33. The third-order valence-corrected chi connectivity index (χ3v) is 4.13. The minimum Gasteiger partial charge on any atom is -0.477 e. The number of nitrogens with zero attached hydrogens (tertiary/aromatic N) is 3. The molecule has 27 heavy (non-hydrogen) atoms. The third kappa shape index (κ3) is 8.11. The molecule has 1 fully saturated rings. The van der Waals surface area contributed by atoms with Gasteiger partial charge in [0, 0.05) is 43.7 Å². The molecule has 0 aromatic carbocycles. The monoisotopic (exact) mass is 481 g/mol. The maximum Gasteiger partial charge on any atom is 0.213 e. The average Bonchev–Trinajstić information content (AvgIpc) is 3.50. The van der Waals surface area contributed by atoms with Crippen LogP contribution in [0.2, 0.25) is 0 Å². The Morgan fingerprint density at radius 1 is 1.19 bits per heavy atom. The Labute approximate surface area is 178 Å². The number of hydrogen-bond acceptors (Lipinski definition) is 4. The first-order chi connectivity index (χ1) is 12.8. The van der Waals surface area contributed by atoms with E-state index in [1.54, 1.807) is 6.20 Å². The van der Waals surface area contributed by atoms with Crippen LogP contribution in [0, 0.1) is 5.92 Å². The Kier molecular flexibility index (Phi) is 9.30. The zero-order chi connectivity index (χ0) is 18.0. The Morgan fingerprint density at radius 3 is 2.81 bits per heavy atom. The summed E-state index contributed by atoms with van der Waals surface area (Å²) in [4.78, 5) is 13.3. The fourth-order valence-corrected chi connectivity index (χ4v) is 2.48. The van der Waals surface area contributed by atoms with Crippen molar-refractivity contribution in [3.63, 3.8) is 0 Å². The molecule has 1 aliphatic carbocycles. The highest BCUT2D eigenvalue weighted by atomic mass is 127. The van der Waals surface area contributed by atoms with Crippen LogP contribution in [-0.4, -0.2) is 35.6 Å². The van der Waals surface area contributed by atoms with Crippen molar-refractivity contribution in [2.75, 3.05) is 19.7 Å². The molecule has 146 valence electrons. The van der Waals surface area contributed by atoms with Gasteiger partial charge in [-0.1, -0.05) is 6.07 Å². The van der Waals surface area contributed by atoms with E-state index in [-0.39, 0.29) is 24.0 Å². The van der Waals surface area contributed by atoms with E-state index in [0.717, 1.165) is 49.3 Å². The van der Waals surface area contributed by atoms with E-state index in [2.05, 4.69) is 32.5 Å². The van der Waals surface area contributed by atoms with Gasteiger partial charge in [-0.2, -0.15) is 0 Å². The molecule has 6 nitrogen and oxygen atoms in total. The van der Waals surface area contributed by atoms with Gasteiger partial charge in [0.2, 0.25) is 5.88 Å². The molecule has 2 aromatic heterocycles. The van der Waals surface area contributed by atoms with E-state index in [1.807, 2.05) is 36.5 Å². The second kappa shape index (κ2) is 11.7. The molecule has 2 heterocycles. The predicted octanol–water partition coefficient (Wildman–Crippen LogP) is 3.18. The van der Waals surface area contributed by atoms with Gasteiger partial charge in [0.25, 0.3) is 0 Å². The van der Waals surface area contributed by atoms with Crippen molar-refractivity contribution in [3.05, 3.63) is 54.0 Å². The Hall–Kier alpha value is -1.90. The van der Waals surface area contributed by atoms with Crippen LogP contribution in [0.3, 0.4) is 0 Å². The zero-order valence-corrected chi connectivity index (χ0v) is 18.1. The van der Waals surface area contributed by atoms with Gasteiger partial charge in [-0.05, 0) is 49.4 Å². The average molecular weight is 481 g/mol. The molecular formula is C20H28IN5O. The summed E-state index contributed by atoms with van der Waals surface area (Å²) >= 11 is 0. The summed E-state index contributed by atoms with van der Waals surface area (Å²) in [6.07, 6.45) is 7.02. The molecule has 2 N–H and O–H groups in total. The molecule has 7 heteroatoms. The van der Waals surface area contributed by atoms with Gasteiger partial charge >= 0.3 is 0 Å². The molecule has 0 spiro atoms. The molecule has 0 bridgehead atoms. The van der Waals surface area contributed by atoms with E-state index in [9.17, 15) is 0 Å². The van der Waals surface area contributed by atoms with Crippen molar-refractivity contribution >= 4 is 29.9 Å². The summed E-state index contributed by atoms with van der Waals surface area (Å²) < 4.78 is 5.74. The molecule has 0 aliphatic heterocycles. The normalized spacial score (nSPS) is 13.6. The SMILES string of the molecule is CCNC(=NCc1ccnc(OCC2CC2)c1)NCCc1ccccn1.I. The molecule has 1 saturated carbocycles. The van der Waals surface area contributed by atoms with Crippen LogP contribution in [0.1, 0.15) is 31.0 Å². The Morgan fingerprint density at radius 2 is 2.07 bits per heavy atom. The molecule has 0 amide bonds. The number of halogens is 1. The highest BCUT2D eigenvalue weighted by molar-refractivity contribution is 14.0. The largest absolute Gasteiger partial charge is 0.477 e. The standard InChI is InChI=1S/C20H27N5O.HI/c1-2-21-20(24-12-9-18-5-3-4-10-22-18)25-14-17-8-11-23-19(13-17)26-15-16-6-7-16;/h3-5,8,10-11,13,16H,2,6-7,9,12,14-15H2,1H3,(H2,21,24,25);1H. The third-order valence-electron chi connectivity index (χ3n) is 4.13. The van der Waals surface area contributed by atoms with Crippen molar-refractivity contribution < 1.29 is 4.74 Å². The summed E-state index contributed by atoms with van der Waals surface area (Å²) in [5.74, 6) is 2.22. The summed E-state index contributed by atoms with van der Waals surface area (Å²) in [6, 6.07) is 9.92. The van der Waals surface area contributed by atoms with Crippen molar-refractivity contribution in [2.45, 2.75) is 32.7 Å². The van der Waals surface area contributed by atoms with E-state index in [4.69, 9.17) is 4.74 Å². The quantitative estimate of drug-likeness (QED) is 0.327. The Balaban J connectivity index is 0.00000261. The summed E-state index contributed by atoms with van der Waals surface area (Å²) in [5.41, 5.74) is 2.16. The lowest BCUT2D eigenvalue weighted by atomic mass is 10.2. The lowest BCUT2D eigenvalue weighted by Crippen LogP contribution is -2.38. The second-order valence-electron chi connectivity index (χ2n) is 6.45. The molecule has 0 atom stereocenters. The fraction of sp³-hybridized carbons (Fsp3) is 0.450. The maximum atomic E-state index is 5.74. The minimum atomic E-state index is 0. The molecule has 3 rings (SSSR count). The van der Waals surface area contributed by atoms with E-state index in [0.29, 0.717) is 12.4 Å². The van der Waals surface area contributed by atoms with Crippen molar-refractivity contribution in [2.24, 2.45) is 10.9 Å². The molecule has 0 saturated heterocycles. The van der Waals surface area contributed by atoms with Gasteiger partial charge in [0.05, 0.1) is 13.2 Å². The number of hydrogen-bond donors (Lipinski definition) is 2. The topological polar surface area (TPSA) is 71.4 Å². The van der Waals surface area contributed by atoms with Crippen molar-refractivity contribution in [3.8, 4) is 5.88 Å². The van der Waals surface area contributed by atoms with Crippen LogP contribution in [0.4, 0.5) is 0 Å². The molecule has 1 aliphatic rings. The molecule has 2 aromatic rings. The number of aromatic nitrogens is 2. The van der Waals surface area contributed by atoms with Crippen molar-refractivity contribution in [1.29, 1.82) is 0 Å². The molecular weight excluding hydrogens is 453 g/mol. The molecule has 0 radical (unpaired) electrons. The van der Waals surface area contributed by atoms with Gasteiger partial charge in [-0.3, -0.25) is 4.98 Å². The van der Waals surface area contributed by atoms with Crippen LogP contribution in [0.25, 0.3) is 0 Å². The molecule has 0 unspecified atom stereocenters. The number of pyridine rings is 2. The summed E-state index contributed by atoms with van der Waals surface area (Å²) in [5, 5.41) is 6.63. The van der Waals surface area contributed by atoms with Gasteiger partial charge in [0.1, 0.15) is 0 Å². The minimum absolute atomic E-state index is 0. The first kappa shape index (κ1) is 21.4. The van der Waals surface area contributed by atoms with Crippen LogP contribution < -0.4 is 15.4 Å². The highest BCUT2D eigenvalue weighted by Crippen LogP contribution is 2.29. The summed E-state index contributed by atoms with van der Waals surface area (Å²) in [6.45, 7) is 5.03. The van der Waals surface area contributed by atoms with Crippen molar-refractivity contribution in [1.82, 2.24) is 20.6 Å². The maximum absolute atomic E-state index is 5.74. The smallest absolute Gasteiger partial charge is 0.213 e. The van der Waals surface area contributed by atoms with Gasteiger partial charge in [0.15, 0.2) is 5.96 Å². The number of rotatable bonds is 9. The fourth-order valence-electron chi connectivity index (χ4n) is 2.48. The van der Waals surface area contributed by atoms with Crippen LogP contribution >= 0.6 is 24.0 Å². The van der Waals surface area contributed by atoms with Crippen LogP contribution in [0.15, 0.2) is 47.7 Å². The van der Waals surface area contributed by atoms with Gasteiger partial charge in [-0.25, -0.2) is 9.98 Å². The lowest BCUT2D eigenvalue weighted by Gasteiger charge is -2.11. The predicted molar refractivity (Wildman–Crippen MR) is 119 cm³/mol. The lowest BCUT2D eigenvalue weighted by molar-refractivity contribution is 0.288. The second-order valence-corrected chi connectivity index (χ2v) is 6.45. The van der Waals surface area contributed by atoms with E-state index >= 15 is 0 Å². The number of ether oxygens (including phenoxy) is 1. The number of nitrogens with one attached hydrogen (secondary N) is 2. The Bertz CT molecular complexity index is 707. The van der Waals surface area contributed by atoms with Gasteiger partial charge < -0.3 is 15.4 Å². The van der Waals surface area contributed by atoms with E-state index < -0.39 is 0 Å². The number of aliphatic imine (C=N–C) groups is 1. The zero-order valence-electron chi connectivity index (χ0n) is 15.7. The van der Waals surface area contributed by atoms with E-state index in [1.165, 1.54) is 12.8 Å². The summed E-state index contributed by atoms with van der Waals surface area (Å²) in [7, 11) is 0. The highest BCUT2D eigenvalue weighted by Gasteiger charge is 2.22. The van der Waals surface area contributed by atoms with Crippen LogP contribution in [0.5, 0.6) is 5.88 Å². The first-order valence-corrected chi connectivity index (χ1v) is 9.33.